The molecule has 0 spiro atoms. The second-order valence-corrected chi connectivity index (χ2v) is 9.65. The lowest BCUT2D eigenvalue weighted by atomic mass is 9.94. The largest absolute Gasteiger partial charge is 0.350 e. The van der Waals surface area contributed by atoms with E-state index in [-0.39, 0.29) is 0 Å². The lowest BCUT2D eigenvalue weighted by Crippen LogP contribution is -2.20. The molecule has 2 aliphatic rings. The highest BCUT2D eigenvalue weighted by Gasteiger charge is 2.25. The average molecular weight is 433 g/mol. The molecule has 1 N–H and O–H groups in total. The van der Waals surface area contributed by atoms with Gasteiger partial charge in [0.25, 0.3) is 0 Å². The Hall–Kier alpha value is -2.63. The van der Waals surface area contributed by atoms with E-state index in [0.717, 1.165) is 30.4 Å². The fraction of sp³-hybridized carbons (Fsp3) is 0.577. The first kappa shape index (κ1) is 21.2. The normalized spacial score (nSPS) is 24.6. The molecular weight excluding hydrogens is 396 g/mol. The lowest BCUT2D eigenvalue weighted by Gasteiger charge is -2.18. The van der Waals surface area contributed by atoms with E-state index in [1.165, 1.54) is 63.4 Å². The fourth-order valence-corrected chi connectivity index (χ4v) is 5.50. The van der Waals surface area contributed by atoms with E-state index in [2.05, 4.69) is 63.0 Å². The molecule has 0 bridgehead atoms. The first-order chi connectivity index (χ1) is 15.8. The van der Waals surface area contributed by atoms with Crippen molar-refractivity contribution in [3.63, 3.8) is 0 Å². The summed E-state index contributed by atoms with van der Waals surface area (Å²) >= 11 is 0. The van der Waals surface area contributed by atoms with Crippen LogP contribution in [0.15, 0.2) is 42.9 Å². The topological polar surface area (TPSA) is 60.6 Å². The Kier molecular flexibility index (Phi) is 6.56. The minimum Gasteiger partial charge on any atom is -0.350 e. The lowest BCUT2D eigenvalue weighted by molar-refractivity contribution is 0.414. The van der Waals surface area contributed by atoms with Crippen molar-refractivity contribution in [2.75, 3.05) is 5.32 Å². The SMILES string of the molecule is Cc1cn(C2CCCCC(Nc3nc4n(n3)CCCCC4c3ccccc3)CCC2)cn1. The summed E-state index contributed by atoms with van der Waals surface area (Å²) < 4.78 is 4.50. The number of nitrogens with one attached hydrogen (secondary N) is 1. The molecule has 170 valence electrons. The van der Waals surface area contributed by atoms with Gasteiger partial charge in [0.15, 0.2) is 0 Å². The van der Waals surface area contributed by atoms with E-state index in [1.54, 1.807) is 0 Å². The van der Waals surface area contributed by atoms with Gasteiger partial charge in [-0.25, -0.2) is 9.67 Å². The van der Waals surface area contributed by atoms with Gasteiger partial charge in [0, 0.05) is 30.7 Å². The number of aryl methyl sites for hydroxylation is 2. The van der Waals surface area contributed by atoms with E-state index >= 15 is 0 Å². The number of hydrogen-bond donors (Lipinski definition) is 1. The van der Waals surface area contributed by atoms with Gasteiger partial charge < -0.3 is 9.88 Å². The molecule has 5 rings (SSSR count). The molecule has 6 heteroatoms. The van der Waals surface area contributed by atoms with Crippen LogP contribution in [0.25, 0.3) is 0 Å². The Balaban J connectivity index is 1.26. The third-order valence-corrected chi connectivity index (χ3v) is 7.24. The Bertz CT molecular complexity index is 991. The highest BCUT2D eigenvalue weighted by Crippen LogP contribution is 2.32. The molecule has 1 aliphatic heterocycles. The predicted molar refractivity (Wildman–Crippen MR) is 128 cm³/mol. The van der Waals surface area contributed by atoms with Crippen molar-refractivity contribution in [2.24, 2.45) is 0 Å². The third kappa shape index (κ3) is 4.89. The molecule has 2 aromatic heterocycles. The zero-order valence-electron chi connectivity index (χ0n) is 19.3. The molecule has 1 aliphatic carbocycles. The number of rotatable bonds is 4. The number of fused-ring (bicyclic) bond motifs is 1. The van der Waals surface area contributed by atoms with Crippen molar-refractivity contribution in [1.82, 2.24) is 24.3 Å². The summed E-state index contributed by atoms with van der Waals surface area (Å²) in [7, 11) is 0. The second-order valence-electron chi connectivity index (χ2n) is 9.65. The van der Waals surface area contributed by atoms with E-state index < -0.39 is 0 Å². The van der Waals surface area contributed by atoms with Crippen LogP contribution < -0.4 is 5.32 Å². The van der Waals surface area contributed by atoms with Crippen LogP contribution in [-0.4, -0.2) is 30.4 Å². The summed E-state index contributed by atoms with van der Waals surface area (Å²) in [5.74, 6) is 2.31. The van der Waals surface area contributed by atoms with Gasteiger partial charge in [-0.2, -0.15) is 4.98 Å². The molecule has 1 aromatic carbocycles. The average Bonchev–Trinajstić information content (AvgIpc) is 3.39. The fourth-order valence-electron chi connectivity index (χ4n) is 5.50. The predicted octanol–water partition coefficient (Wildman–Crippen LogP) is 5.86. The Morgan fingerprint density at radius 2 is 1.69 bits per heavy atom. The second kappa shape index (κ2) is 9.88. The summed E-state index contributed by atoms with van der Waals surface area (Å²) in [5.41, 5.74) is 2.47. The van der Waals surface area contributed by atoms with E-state index in [0.29, 0.717) is 18.0 Å². The van der Waals surface area contributed by atoms with Gasteiger partial charge in [0.2, 0.25) is 5.95 Å². The molecular formula is C26H36N6. The van der Waals surface area contributed by atoms with Crippen molar-refractivity contribution in [1.29, 1.82) is 0 Å². The summed E-state index contributed by atoms with van der Waals surface area (Å²) in [6, 6.07) is 11.9. The number of aromatic nitrogens is 5. The maximum absolute atomic E-state index is 5.03. The Morgan fingerprint density at radius 1 is 0.906 bits per heavy atom. The van der Waals surface area contributed by atoms with Crippen LogP contribution in [0.2, 0.25) is 0 Å². The van der Waals surface area contributed by atoms with Crippen molar-refractivity contribution >= 4 is 5.95 Å². The van der Waals surface area contributed by atoms with Crippen LogP contribution in [-0.2, 0) is 6.54 Å². The number of benzene rings is 1. The molecule has 1 fully saturated rings. The zero-order chi connectivity index (χ0) is 21.8. The maximum Gasteiger partial charge on any atom is 0.242 e. The third-order valence-electron chi connectivity index (χ3n) is 7.24. The van der Waals surface area contributed by atoms with Gasteiger partial charge >= 0.3 is 0 Å². The molecule has 0 radical (unpaired) electrons. The van der Waals surface area contributed by atoms with Crippen LogP contribution in [0.1, 0.15) is 93.2 Å². The van der Waals surface area contributed by atoms with Gasteiger partial charge in [-0.3, -0.25) is 0 Å². The highest BCUT2D eigenvalue weighted by molar-refractivity contribution is 5.31. The van der Waals surface area contributed by atoms with Crippen LogP contribution in [0.4, 0.5) is 5.95 Å². The van der Waals surface area contributed by atoms with E-state index in [9.17, 15) is 0 Å². The summed E-state index contributed by atoms with van der Waals surface area (Å²) in [6.45, 7) is 3.05. The van der Waals surface area contributed by atoms with Crippen molar-refractivity contribution in [3.8, 4) is 0 Å². The molecule has 3 aromatic rings. The van der Waals surface area contributed by atoms with E-state index in [1.807, 2.05) is 6.33 Å². The Morgan fingerprint density at radius 3 is 2.53 bits per heavy atom. The summed E-state index contributed by atoms with van der Waals surface area (Å²) in [4.78, 5) is 9.47. The highest BCUT2D eigenvalue weighted by atomic mass is 15.4. The van der Waals surface area contributed by atoms with Gasteiger partial charge in [0.1, 0.15) is 5.82 Å². The van der Waals surface area contributed by atoms with Gasteiger partial charge in [-0.1, -0.05) is 49.6 Å². The van der Waals surface area contributed by atoms with Crippen LogP contribution in [0.3, 0.4) is 0 Å². The molecule has 6 nitrogen and oxygen atoms in total. The molecule has 0 saturated heterocycles. The first-order valence-electron chi connectivity index (χ1n) is 12.5. The van der Waals surface area contributed by atoms with Crippen LogP contribution >= 0.6 is 0 Å². The monoisotopic (exact) mass is 432 g/mol. The van der Waals surface area contributed by atoms with Crippen molar-refractivity contribution in [3.05, 3.63) is 59.9 Å². The minimum atomic E-state index is 0.349. The van der Waals surface area contributed by atoms with E-state index in [4.69, 9.17) is 10.1 Å². The standard InChI is InChI=1S/C26H36N6/c1-20-18-31(19-27-20)23-14-6-5-12-22(13-9-15-23)28-26-29-25-24(21-10-3-2-4-11-21)16-7-8-17-32(25)30-26/h2-4,10-11,18-19,22-24H,5-9,12-17H2,1H3,(H,28,30). The molecule has 32 heavy (non-hydrogen) atoms. The summed E-state index contributed by atoms with van der Waals surface area (Å²) in [5, 5.41) is 8.63. The number of hydrogen-bond acceptors (Lipinski definition) is 4. The van der Waals surface area contributed by atoms with Crippen LogP contribution in [0.5, 0.6) is 0 Å². The smallest absolute Gasteiger partial charge is 0.242 e. The minimum absolute atomic E-state index is 0.349. The molecule has 3 atom stereocenters. The quantitative estimate of drug-likeness (QED) is 0.560. The van der Waals surface area contributed by atoms with Gasteiger partial charge in [-0.05, 0) is 57.4 Å². The molecule has 0 amide bonds. The van der Waals surface area contributed by atoms with Crippen molar-refractivity contribution in [2.45, 2.75) is 95.7 Å². The number of anilines is 1. The summed E-state index contributed by atoms with van der Waals surface area (Å²) in [6.07, 6.45) is 16.4. The maximum atomic E-state index is 5.03. The Labute approximate surface area is 191 Å². The molecule has 3 heterocycles. The molecule has 3 unspecified atom stereocenters. The zero-order valence-corrected chi connectivity index (χ0v) is 19.3. The van der Waals surface area contributed by atoms with Crippen molar-refractivity contribution < 1.29 is 0 Å². The van der Waals surface area contributed by atoms with Gasteiger partial charge in [0.05, 0.1) is 12.0 Å². The first-order valence-corrected chi connectivity index (χ1v) is 12.5. The number of nitrogens with zero attached hydrogens (tertiary/aromatic N) is 5. The number of imidazole rings is 1. The molecule has 1 saturated carbocycles. The van der Waals surface area contributed by atoms with Crippen LogP contribution in [0, 0.1) is 6.92 Å². The van der Waals surface area contributed by atoms with Gasteiger partial charge in [-0.15, -0.1) is 5.10 Å².